The van der Waals surface area contributed by atoms with E-state index in [9.17, 15) is 4.39 Å². The molecule has 0 spiro atoms. The molecule has 1 aromatic carbocycles. The monoisotopic (exact) mass is 284 g/mol. The van der Waals surface area contributed by atoms with Crippen LogP contribution in [-0.2, 0) is 0 Å². The molecule has 0 aromatic heterocycles. The fourth-order valence-electron chi connectivity index (χ4n) is 2.66. The second-order valence-corrected chi connectivity index (χ2v) is 5.96. The van der Waals surface area contributed by atoms with Crippen LogP contribution in [-0.4, -0.2) is 24.7 Å². The largest absolute Gasteiger partial charge is 0.362 e. The molecule has 19 heavy (non-hydrogen) atoms. The van der Waals surface area contributed by atoms with E-state index >= 15 is 0 Å². The predicted octanol–water partition coefficient (Wildman–Crippen LogP) is 3.84. The van der Waals surface area contributed by atoms with Crippen molar-refractivity contribution in [2.24, 2.45) is 0 Å². The molecule has 1 heterocycles. The van der Waals surface area contributed by atoms with Gasteiger partial charge in [0.15, 0.2) is 0 Å². The molecule has 2 unspecified atom stereocenters. The first-order chi connectivity index (χ1) is 9.00. The van der Waals surface area contributed by atoms with Crippen LogP contribution in [0, 0.1) is 5.82 Å². The molecule has 1 saturated heterocycles. The van der Waals surface area contributed by atoms with Gasteiger partial charge in [-0.3, -0.25) is 0 Å². The third-order valence-corrected chi connectivity index (χ3v) is 4.51. The van der Waals surface area contributed by atoms with Crippen LogP contribution in [0.1, 0.15) is 33.6 Å². The molecule has 0 bridgehead atoms. The lowest BCUT2D eigenvalue weighted by atomic mass is 9.92. The van der Waals surface area contributed by atoms with E-state index in [1.165, 1.54) is 6.07 Å². The van der Waals surface area contributed by atoms with Crippen molar-refractivity contribution in [3.63, 3.8) is 0 Å². The minimum Gasteiger partial charge on any atom is -0.362 e. The molecule has 0 amide bonds. The number of hydrogen-bond donors (Lipinski definition) is 1. The van der Waals surface area contributed by atoms with Crippen LogP contribution in [0.15, 0.2) is 18.2 Å². The summed E-state index contributed by atoms with van der Waals surface area (Å²) in [6, 6.07) is 5.19. The number of rotatable bonds is 3. The van der Waals surface area contributed by atoms with Gasteiger partial charge in [0.25, 0.3) is 0 Å². The molecule has 0 saturated carbocycles. The number of para-hydroxylation sites is 1. The van der Waals surface area contributed by atoms with Crippen molar-refractivity contribution in [2.75, 3.05) is 18.0 Å². The summed E-state index contributed by atoms with van der Waals surface area (Å²) >= 11 is 6.22. The Morgan fingerprint density at radius 3 is 2.79 bits per heavy atom. The molecule has 1 aromatic rings. The molecule has 1 N–H and O–H groups in total. The Morgan fingerprint density at radius 2 is 2.21 bits per heavy atom. The Hall–Kier alpha value is -0.800. The highest BCUT2D eigenvalue weighted by Crippen LogP contribution is 2.34. The highest BCUT2D eigenvalue weighted by Gasteiger charge is 2.35. The molecule has 0 radical (unpaired) electrons. The fourth-order valence-corrected chi connectivity index (χ4v) is 2.93. The maximum Gasteiger partial charge on any atom is 0.148 e. The maximum atomic E-state index is 14.2. The van der Waals surface area contributed by atoms with Crippen LogP contribution in [0.5, 0.6) is 0 Å². The van der Waals surface area contributed by atoms with Gasteiger partial charge < -0.3 is 10.2 Å². The lowest BCUT2D eigenvalue weighted by molar-refractivity contribution is 0.274. The SMILES string of the molecule is CCC1CNC(C)(CC)CN1c1c(F)cccc1Cl. The molecular weight excluding hydrogens is 263 g/mol. The normalized spacial score (nSPS) is 27.6. The molecule has 1 aliphatic heterocycles. The van der Waals surface area contributed by atoms with Gasteiger partial charge in [-0.05, 0) is 31.9 Å². The third-order valence-electron chi connectivity index (χ3n) is 4.20. The van der Waals surface area contributed by atoms with E-state index < -0.39 is 0 Å². The van der Waals surface area contributed by atoms with Gasteiger partial charge >= 0.3 is 0 Å². The van der Waals surface area contributed by atoms with Crippen molar-refractivity contribution in [1.29, 1.82) is 0 Å². The molecule has 1 aliphatic rings. The Kier molecular flexibility index (Phi) is 4.36. The van der Waals surface area contributed by atoms with E-state index in [0.29, 0.717) is 10.7 Å². The second kappa shape index (κ2) is 5.68. The van der Waals surface area contributed by atoms with E-state index in [4.69, 9.17) is 11.6 Å². The van der Waals surface area contributed by atoms with Crippen molar-refractivity contribution in [3.8, 4) is 0 Å². The Balaban J connectivity index is 2.38. The highest BCUT2D eigenvalue weighted by molar-refractivity contribution is 6.33. The first-order valence-electron chi connectivity index (χ1n) is 6.96. The smallest absolute Gasteiger partial charge is 0.148 e. The molecule has 2 atom stereocenters. The minimum absolute atomic E-state index is 0.0112. The molecule has 1 fully saturated rings. The standard InChI is InChI=1S/C15H22ClFN2/c1-4-11-9-18-15(3,5-2)10-19(11)14-12(16)7-6-8-13(14)17/h6-8,11,18H,4-5,9-10H2,1-3H3. The van der Waals surface area contributed by atoms with Gasteiger partial charge in [-0.2, -0.15) is 0 Å². The number of halogens is 2. The minimum atomic E-state index is -0.230. The van der Waals surface area contributed by atoms with Gasteiger partial charge in [-0.25, -0.2) is 4.39 Å². The van der Waals surface area contributed by atoms with Crippen LogP contribution >= 0.6 is 11.6 Å². The predicted molar refractivity (Wildman–Crippen MR) is 79.5 cm³/mol. The van der Waals surface area contributed by atoms with Gasteiger partial charge in [0.2, 0.25) is 0 Å². The number of nitrogens with zero attached hydrogens (tertiary/aromatic N) is 1. The van der Waals surface area contributed by atoms with Gasteiger partial charge in [0.05, 0.1) is 10.7 Å². The zero-order valence-electron chi connectivity index (χ0n) is 11.8. The topological polar surface area (TPSA) is 15.3 Å². The van der Waals surface area contributed by atoms with E-state index in [-0.39, 0.29) is 17.4 Å². The van der Waals surface area contributed by atoms with Crippen molar-refractivity contribution >= 4 is 17.3 Å². The first kappa shape index (κ1) is 14.6. The summed E-state index contributed by atoms with van der Waals surface area (Å²) in [4.78, 5) is 2.14. The summed E-state index contributed by atoms with van der Waals surface area (Å²) in [6.07, 6.45) is 1.98. The van der Waals surface area contributed by atoms with Crippen molar-refractivity contribution in [3.05, 3.63) is 29.0 Å². The summed E-state index contributed by atoms with van der Waals surface area (Å²) < 4.78 is 14.2. The number of hydrogen-bond acceptors (Lipinski definition) is 2. The van der Waals surface area contributed by atoms with Crippen LogP contribution in [0.25, 0.3) is 0 Å². The van der Waals surface area contributed by atoms with E-state index in [0.717, 1.165) is 25.9 Å². The molecule has 106 valence electrons. The summed E-state index contributed by atoms with van der Waals surface area (Å²) in [6.45, 7) is 8.11. The fraction of sp³-hybridized carbons (Fsp3) is 0.600. The summed E-state index contributed by atoms with van der Waals surface area (Å²) in [5.74, 6) is -0.230. The zero-order chi connectivity index (χ0) is 14.0. The average molecular weight is 285 g/mol. The highest BCUT2D eigenvalue weighted by atomic mass is 35.5. The van der Waals surface area contributed by atoms with Crippen molar-refractivity contribution in [2.45, 2.75) is 45.2 Å². The summed E-state index contributed by atoms with van der Waals surface area (Å²) in [5, 5.41) is 4.08. The van der Waals surface area contributed by atoms with E-state index in [1.807, 2.05) is 0 Å². The summed E-state index contributed by atoms with van der Waals surface area (Å²) in [7, 11) is 0. The number of anilines is 1. The van der Waals surface area contributed by atoms with Gasteiger partial charge in [-0.1, -0.05) is 31.5 Å². The quantitative estimate of drug-likeness (QED) is 0.907. The second-order valence-electron chi connectivity index (χ2n) is 5.56. The molecule has 4 heteroatoms. The molecular formula is C15H22ClFN2. The van der Waals surface area contributed by atoms with Gasteiger partial charge in [-0.15, -0.1) is 0 Å². The van der Waals surface area contributed by atoms with Crippen LogP contribution in [0.2, 0.25) is 5.02 Å². The first-order valence-corrected chi connectivity index (χ1v) is 7.34. The zero-order valence-corrected chi connectivity index (χ0v) is 12.6. The lowest BCUT2D eigenvalue weighted by Gasteiger charge is -2.47. The third kappa shape index (κ3) is 2.87. The Morgan fingerprint density at radius 1 is 1.47 bits per heavy atom. The lowest BCUT2D eigenvalue weighted by Crippen LogP contribution is -2.63. The average Bonchev–Trinajstić information content (AvgIpc) is 2.39. The van der Waals surface area contributed by atoms with Crippen molar-refractivity contribution in [1.82, 2.24) is 5.32 Å². The number of nitrogens with one attached hydrogen (secondary N) is 1. The molecule has 2 rings (SSSR count). The van der Waals surface area contributed by atoms with Crippen LogP contribution in [0.3, 0.4) is 0 Å². The molecule has 2 nitrogen and oxygen atoms in total. The number of benzene rings is 1. The Bertz CT molecular complexity index is 432. The Labute approximate surface area is 119 Å². The van der Waals surface area contributed by atoms with Crippen molar-refractivity contribution < 1.29 is 4.39 Å². The van der Waals surface area contributed by atoms with Gasteiger partial charge in [0, 0.05) is 24.7 Å². The number of piperazine rings is 1. The summed E-state index contributed by atoms with van der Waals surface area (Å²) in [5.41, 5.74) is 0.564. The van der Waals surface area contributed by atoms with Gasteiger partial charge in [0.1, 0.15) is 5.82 Å². The molecule has 0 aliphatic carbocycles. The van der Waals surface area contributed by atoms with E-state index in [2.05, 4.69) is 31.0 Å². The maximum absolute atomic E-state index is 14.2. The van der Waals surface area contributed by atoms with Crippen LogP contribution in [0.4, 0.5) is 10.1 Å². The van der Waals surface area contributed by atoms with Crippen LogP contribution < -0.4 is 10.2 Å². The van der Waals surface area contributed by atoms with E-state index in [1.54, 1.807) is 12.1 Å².